The number of aromatic carboxylic acids is 1. The van der Waals surface area contributed by atoms with E-state index in [1.165, 1.54) is 13.0 Å². The summed E-state index contributed by atoms with van der Waals surface area (Å²) in [6.07, 6.45) is 4.99. The Kier molecular flexibility index (Phi) is 5.32. The van der Waals surface area contributed by atoms with Crippen LogP contribution in [0.5, 0.6) is 5.75 Å². The van der Waals surface area contributed by atoms with Crippen molar-refractivity contribution in [1.29, 1.82) is 0 Å². The summed E-state index contributed by atoms with van der Waals surface area (Å²) in [6, 6.07) is 4.71. The van der Waals surface area contributed by atoms with Crippen LogP contribution < -0.4 is 4.74 Å². The van der Waals surface area contributed by atoms with Crippen molar-refractivity contribution >= 4 is 33.9 Å². The minimum atomic E-state index is -1.14. The lowest BCUT2D eigenvalue weighted by Crippen LogP contribution is -2.08. The van der Waals surface area contributed by atoms with Crippen molar-refractivity contribution in [3.8, 4) is 5.75 Å². The van der Waals surface area contributed by atoms with Crippen LogP contribution in [-0.4, -0.2) is 17.0 Å². The minimum absolute atomic E-state index is 0.0353. The fourth-order valence-electron chi connectivity index (χ4n) is 1.36. The van der Waals surface area contributed by atoms with Crippen molar-refractivity contribution in [3.05, 3.63) is 46.5 Å². The second-order valence-electron chi connectivity index (χ2n) is 3.30. The number of carboxylic acids is 1. The molecular weight excluding hydrogens is 300 g/mol. The summed E-state index contributed by atoms with van der Waals surface area (Å²) in [4.78, 5) is 23.8. The van der Waals surface area contributed by atoms with Crippen molar-refractivity contribution in [1.82, 2.24) is 0 Å². The fraction of sp³-hybridized carbons (Fsp3) is 0.0769. The monoisotopic (exact) mass is 310 g/mol. The van der Waals surface area contributed by atoms with Gasteiger partial charge in [-0.05, 0) is 16.6 Å². The molecule has 0 aromatic heterocycles. The molecule has 1 rings (SSSR count). The highest BCUT2D eigenvalue weighted by Crippen LogP contribution is 2.24. The second-order valence-corrected chi connectivity index (χ2v) is 3.83. The van der Waals surface area contributed by atoms with Gasteiger partial charge < -0.3 is 9.84 Å². The second kappa shape index (κ2) is 6.76. The SMILES string of the molecule is CC(=O)Oc1cccc(/C=C/C=C/Br)c1C(=O)O. The van der Waals surface area contributed by atoms with Crippen molar-refractivity contribution < 1.29 is 19.4 Å². The van der Waals surface area contributed by atoms with Gasteiger partial charge in [0.15, 0.2) is 0 Å². The first-order chi connectivity index (χ1) is 8.56. The number of halogens is 1. The summed E-state index contributed by atoms with van der Waals surface area (Å²) in [5, 5.41) is 9.16. The standard InChI is InChI=1S/C13H11BrO4/c1-9(15)18-11-7-4-6-10(5-2-3-8-14)12(11)13(16)17/h2-8H,1H3,(H,16,17)/b5-2+,8-3+. The number of carboxylic acid groups (broad SMARTS) is 1. The maximum absolute atomic E-state index is 11.2. The number of esters is 1. The Balaban J connectivity index is 3.25. The molecule has 0 saturated carbocycles. The molecule has 0 bridgehead atoms. The van der Waals surface area contributed by atoms with Gasteiger partial charge in [-0.2, -0.15) is 0 Å². The van der Waals surface area contributed by atoms with Gasteiger partial charge in [0.1, 0.15) is 11.3 Å². The Morgan fingerprint density at radius 2 is 2.06 bits per heavy atom. The van der Waals surface area contributed by atoms with Crippen molar-refractivity contribution in [3.63, 3.8) is 0 Å². The zero-order valence-corrected chi connectivity index (χ0v) is 11.2. The molecule has 1 aromatic carbocycles. The number of benzene rings is 1. The van der Waals surface area contributed by atoms with Crippen LogP contribution in [0.1, 0.15) is 22.8 Å². The van der Waals surface area contributed by atoms with E-state index in [-0.39, 0.29) is 11.3 Å². The van der Waals surface area contributed by atoms with Gasteiger partial charge in [-0.1, -0.05) is 46.3 Å². The number of allylic oxidation sites excluding steroid dienone is 2. The van der Waals surface area contributed by atoms with Crippen molar-refractivity contribution in [2.45, 2.75) is 6.92 Å². The normalized spacial score (nSPS) is 11.0. The third-order valence-corrected chi connectivity index (χ3v) is 2.29. The molecule has 0 aliphatic heterocycles. The number of hydrogen-bond acceptors (Lipinski definition) is 3. The number of ether oxygens (including phenoxy) is 1. The Labute approximate surface area is 113 Å². The predicted octanol–water partition coefficient (Wildman–Crippen LogP) is 3.23. The Hall–Kier alpha value is -1.88. The Bertz CT molecular complexity index is 518. The van der Waals surface area contributed by atoms with Crippen LogP contribution in [0.2, 0.25) is 0 Å². The summed E-state index contributed by atoms with van der Waals surface area (Å²) >= 11 is 3.10. The van der Waals surface area contributed by atoms with Gasteiger partial charge in [-0.15, -0.1) is 0 Å². The highest BCUT2D eigenvalue weighted by molar-refractivity contribution is 9.11. The lowest BCUT2D eigenvalue weighted by molar-refractivity contribution is -0.131. The predicted molar refractivity (Wildman–Crippen MR) is 71.8 cm³/mol. The molecule has 0 amide bonds. The highest BCUT2D eigenvalue weighted by Gasteiger charge is 2.16. The first kappa shape index (κ1) is 14.2. The summed E-state index contributed by atoms with van der Waals surface area (Å²) in [5.41, 5.74) is 0.429. The quantitative estimate of drug-likeness (QED) is 0.527. The van der Waals surface area contributed by atoms with E-state index in [0.717, 1.165) is 0 Å². The third-order valence-electron chi connectivity index (χ3n) is 1.99. The summed E-state index contributed by atoms with van der Waals surface area (Å²) in [5.74, 6) is -1.66. The van der Waals surface area contributed by atoms with Crippen LogP contribution in [0, 0.1) is 0 Å². The zero-order chi connectivity index (χ0) is 13.5. The molecule has 0 atom stereocenters. The topological polar surface area (TPSA) is 63.6 Å². The van der Waals surface area contributed by atoms with Crippen LogP contribution in [0.3, 0.4) is 0 Å². The van der Waals surface area contributed by atoms with Crippen molar-refractivity contribution in [2.75, 3.05) is 0 Å². The van der Waals surface area contributed by atoms with Crippen LogP contribution in [-0.2, 0) is 4.79 Å². The number of carbonyl (C=O) groups is 2. The largest absolute Gasteiger partial charge is 0.478 e. The van der Waals surface area contributed by atoms with E-state index in [4.69, 9.17) is 9.84 Å². The summed E-state index contributed by atoms with van der Waals surface area (Å²) in [6.45, 7) is 1.22. The van der Waals surface area contributed by atoms with Crippen LogP contribution in [0.4, 0.5) is 0 Å². The van der Waals surface area contributed by atoms with Gasteiger partial charge in [0.05, 0.1) is 0 Å². The molecule has 0 fully saturated rings. The lowest BCUT2D eigenvalue weighted by atomic mass is 10.1. The molecule has 0 aliphatic rings. The molecule has 1 aromatic rings. The molecule has 1 N–H and O–H groups in total. The lowest BCUT2D eigenvalue weighted by Gasteiger charge is -2.08. The molecule has 18 heavy (non-hydrogen) atoms. The Morgan fingerprint density at radius 1 is 1.33 bits per heavy atom. The molecule has 0 saturated heterocycles. The molecule has 0 spiro atoms. The Morgan fingerprint density at radius 3 is 2.61 bits per heavy atom. The first-order valence-corrected chi connectivity index (χ1v) is 5.96. The maximum atomic E-state index is 11.2. The van der Waals surface area contributed by atoms with Crippen LogP contribution >= 0.6 is 15.9 Å². The molecule has 94 valence electrons. The minimum Gasteiger partial charge on any atom is -0.478 e. The number of hydrogen-bond donors (Lipinski definition) is 1. The van der Waals surface area contributed by atoms with Gasteiger partial charge in [0, 0.05) is 6.92 Å². The molecule has 0 radical (unpaired) electrons. The molecule has 5 heteroatoms. The van der Waals surface area contributed by atoms with E-state index < -0.39 is 11.9 Å². The van der Waals surface area contributed by atoms with Crippen molar-refractivity contribution in [2.24, 2.45) is 0 Å². The molecular formula is C13H11BrO4. The zero-order valence-electron chi connectivity index (χ0n) is 9.59. The third kappa shape index (κ3) is 3.85. The fourth-order valence-corrected chi connectivity index (χ4v) is 1.53. The molecule has 0 aliphatic carbocycles. The van der Waals surface area contributed by atoms with Gasteiger partial charge in [0.25, 0.3) is 0 Å². The first-order valence-electron chi connectivity index (χ1n) is 5.04. The van der Waals surface area contributed by atoms with Crippen LogP contribution in [0.25, 0.3) is 6.08 Å². The van der Waals surface area contributed by atoms with E-state index in [9.17, 15) is 9.59 Å². The van der Waals surface area contributed by atoms with E-state index in [1.807, 2.05) is 0 Å². The van der Waals surface area contributed by atoms with Crippen LogP contribution in [0.15, 0.2) is 35.3 Å². The average molecular weight is 311 g/mol. The van der Waals surface area contributed by atoms with E-state index in [2.05, 4.69) is 15.9 Å². The highest BCUT2D eigenvalue weighted by atomic mass is 79.9. The summed E-state index contributed by atoms with van der Waals surface area (Å²) < 4.78 is 4.87. The van der Waals surface area contributed by atoms with E-state index in [1.54, 1.807) is 35.3 Å². The van der Waals surface area contributed by atoms with Gasteiger partial charge in [0.2, 0.25) is 0 Å². The van der Waals surface area contributed by atoms with E-state index >= 15 is 0 Å². The molecule has 4 nitrogen and oxygen atoms in total. The number of carbonyl (C=O) groups excluding carboxylic acids is 1. The summed E-state index contributed by atoms with van der Waals surface area (Å²) in [7, 11) is 0. The maximum Gasteiger partial charge on any atom is 0.340 e. The van der Waals surface area contributed by atoms with Gasteiger partial charge in [-0.3, -0.25) is 4.79 Å². The molecule has 0 unspecified atom stereocenters. The smallest absolute Gasteiger partial charge is 0.340 e. The van der Waals surface area contributed by atoms with Gasteiger partial charge >= 0.3 is 11.9 Å². The average Bonchev–Trinajstić information content (AvgIpc) is 2.28. The molecule has 0 heterocycles. The van der Waals surface area contributed by atoms with Gasteiger partial charge in [-0.25, -0.2) is 4.79 Å². The number of rotatable bonds is 4. The van der Waals surface area contributed by atoms with E-state index in [0.29, 0.717) is 5.56 Å².